The molecule has 1 aliphatic rings. The number of furan rings is 1. The minimum absolute atomic E-state index is 0.0469. The number of hydrogen-bond acceptors (Lipinski definition) is 2. The van der Waals surface area contributed by atoms with Crippen molar-refractivity contribution in [1.29, 1.82) is 0 Å². The van der Waals surface area contributed by atoms with Crippen molar-refractivity contribution in [3.05, 3.63) is 58.0 Å². The molecule has 0 spiro atoms. The Kier molecular flexibility index (Phi) is 5.82. The molecule has 0 saturated carbocycles. The highest BCUT2D eigenvalue weighted by Gasteiger charge is 2.29. The number of halogens is 2. The van der Waals surface area contributed by atoms with Crippen LogP contribution < -0.4 is 10.2 Å². The lowest BCUT2D eigenvalue weighted by Gasteiger charge is -2.23. The van der Waals surface area contributed by atoms with Crippen LogP contribution in [0.15, 0.2) is 41.0 Å². The third-order valence-corrected chi connectivity index (χ3v) is 5.08. The van der Waals surface area contributed by atoms with Gasteiger partial charge in [0.25, 0.3) is 0 Å². The predicted molar refractivity (Wildman–Crippen MR) is 94.6 cm³/mol. The normalized spacial score (nSPS) is 16.2. The van der Waals surface area contributed by atoms with Crippen LogP contribution in [0.2, 0.25) is 10.0 Å². The molecule has 128 valence electrons. The summed E-state index contributed by atoms with van der Waals surface area (Å²) < 4.78 is 5.58. The van der Waals surface area contributed by atoms with Gasteiger partial charge in [0.15, 0.2) is 11.8 Å². The zero-order chi connectivity index (χ0) is 16.9. The van der Waals surface area contributed by atoms with Crippen molar-refractivity contribution < 1.29 is 14.1 Å². The van der Waals surface area contributed by atoms with E-state index in [0.717, 1.165) is 24.4 Å². The molecule has 2 heterocycles. The fourth-order valence-electron chi connectivity index (χ4n) is 3.23. The van der Waals surface area contributed by atoms with Gasteiger partial charge in [-0.2, -0.15) is 0 Å². The highest BCUT2D eigenvalue weighted by Crippen LogP contribution is 2.21. The van der Waals surface area contributed by atoms with E-state index in [4.69, 9.17) is 27.6 Å². The van der Waals surface area contributed by atoms with Crippen LogP contribution in [-0.2, 0) is 11.2 Å². The molecule has 0 aliphatic carbocycles. The van der Waals surface area contributed by atoms with Crippen molar-refractivity contribution in [3.63, 3.8) is 0 Å². The molecule has 4 nitrogen and oxygen atoms in total. The van der Waals surface area contributed by atoms with E-state index in [0.29, 0.717) is 16.6 Å². The molecule has 0 radical (unpaired) electrons. The van der Waals surface area contributed by atoms with Gasteiger partial charge >= 0.3 is 0 Å². The molecular formula is C18H21Cl2N2O2+. The quantitative estimate of drug-likeness (QED) is 0.824. The summed E-state index contributed by atoms with van der Waals surface area (Å²) in [6, 6.07) is 9.24. The van der Waals surface area contributed by atoms with Crippen molar-refractivity contribution in [2.45, 2.75) is 25.3 Å². The van der Waals surface area contributed by atoms with Gasteiger partial charge in [0, 0.05) is 22.9 Å². The van der Waals surface area contributed by atoms with E-state index in [1.54, 1.807) is 24.5 Å². The number of amides is 1. The molecule has 1 fully saturated rings. The van der Waals surface area contributed by atoms with Gasteiger partial charge in [0.1, 0.15) is 0 Å². The Morgan fingerprint density at radius 3 is 2.71 bits per heavy atom. The Hall–Kier alpha value is -1.49. The summed E-state index contributed by atoms with van der Waals surface area (Å²) in [7, 11) is 0. The van der Waals surface area contributed by atoms with E-state index in [1.165, 1.54) is 17.7 Å². The summed E-state index contributed by atoms with van der Waals surface area (Å²) in [6.45, 7) is 2.79. The molecule has 2 aromatic rings. The van der Waals surface area contributed by atoms with Gasteiger partial charge in [-0.1, -0.05) is 29.3 Å². The van der Waals surface area contributed by atoms with Crippen LogP contribution in [0.5, 0.6) is 0 Å². The van der Waals surface area contributed by atoms with Gasteiger partial charge in [-0.25, -0.2) is 0 Å². The second-order valence-corrected chi connectivity index (χ2v) is 6.99. The smallest absolute Gasteiger partial charge is 0.224 e. The number of nitrogens with one attached hydrogen (secondary N) is 2. The number of benzene rings is 1. The topological polar surface area (TPSA) is 46.7 Å². The van der Waals surface area contributed by atoms with Gasteiger partial charge in [0.05, 0.1) is 32.3 Å². The molecule has 1 aromatic heterocycles. The summed E-state index contributed by atoms with van der Waals surface area (Å²) in [5.41, 5.74) is 0.779. The summed E-state index contributed by atoms with van der Waals surface area (Å²) in [4.78, 5) is 13.8. The standard InChI is InChI=1S/C18H20Cl2N2O2/c19-14-6-5-13(15(20)11-14)10-18(23)21-12-16(17-4-3-9-24-17)22-7-1-2-8-22/h3-6,9,11,16H,1-2,7-8,10,12H2,(H,21,23)/p+1/t16-/m1/s1. The van der Waals surface area contributed by atoms with E-state index >= 15 is 0 Å². The Balaban J connectivity index is 1.60. The first-order valence-electron chi connectivity index (χ1n) is 8.22. The number of rotatable bonds is 6. The maximum absolute atomic E-state index is 12.3. The van der Waals surface area contributed by atoms with E-state index in [1.807, 2.05) is 12.1 Å². The first-order valence-corrected chi connectivity index (χ1v) is 8.97. The minimum atomic E-state index is -0.0469. The second kappa shape index (κ2) is 8.06. The maximum Gasteiger partial charge on any atom is 0.224 e. The van der Waals surface area contributed by atoms with Crippen molar-refractivity contribution in [2.75, 3.05) is 19.6 Å². The average molecular weight is 368 g/mol. The van der Waals surface area contributed by atoms with Gasteiger partial charge in [-0.3, -0.25) is 4.79 Å². The first-order chi connectivity index (χ1) is 11.6. The molecule has 0 unspecified atom stereocenters. The van der Waals surface area contributed by atoms with Crippen molar-refractivity contribution in [3.8, 4) is 0 Å². The lowest BCUT2D eigenvalue weighted by atomic mass is 10.1. The highest BCUT2D eigenvalue weighted by atomic mass is 35.5. The van der Waals surface area contributed by atoms with E-state index in [2.05, 4.69) is 5.32 Å². The van der Waals surface area contributed by atoms with E-state index in [-0.39, 0.29) is 18.4 Å². The third-order valence-electron chi connectivity index (χ3n) is 4.49. The summed E-state index contributed by atoms with van der Waals surface area (Å²) >= 11 is 12.0. The predicted octanol–water partition coefficient (Wildman–Crippen LogP) is 2.67. The van der Waals surface area contributed by atoms with Crippen molar-refractivity contribution >= 4 is 29.1 Å². The van der Waals surface area contributed by atoms with Gasteiger partial charge in [-0.15, -0.1) is 0 Å². The van der Waals surface area contributed by atoms with Gasteiger partial charge in [-0.05, 0) is 29.8 Å². The van der Waals surface area contributed by atoms with E-state index in [9.17, 15) is 4.79 Å². The van der Waals surface area contributed by atoms with Gasteiger partial charge in [0.2, 0.25) is 5.91 Å². The molecule has 1 amide bonds. The summed E-state index contributed by atoms with van der Waals surface area (Å²) in [5, 5.41) is 4.11. The Morgan fingerprint density at radius 2 is 2.04 bits per heavy atom. The fourth-order valence-corrected chi connectivity index (χ4v) is 3.70. The monoisotopic (exact) mass is 367 g/mol. The Labute approximate surface area is 151 Å². The largest absolute Gasteiger partial charge is 0.463 e. The zero-order valence-corrected chi connectivity index (χ0v) is 14.9. The SMILES string of the molecule is O=C(Cc1ccc(Cl)cc1Cl)NC[C@H](c1ccco1)[NH+]1CCCC1. The van der Waals surface area contributed by atoms with Crippen LogP contribution in [-0.4, -0.2) is 25.5 Å². The highest BCUT2D eigenvalue weighted by molar-refractivity contribution is 6.35. The van der Waals surface area contributed by atoms with Crippen LogP contribution in [0.3, 0.4) is 0 Å². The van der Waals surface area contributed by atoms with Crippen molar-refractivity contribution in [2.24, 2.45) is 0 Å². The Bertz CT molecular complexity index is 682. The van der Waals surface area contributed by atoms with Crippen LogP contribution in [0, 0.1) is 0 Å². The number of carbonyl (C=O) groups excluding carboxylic acids is 1. The van der Waals surface area contributed by atoms with Crippen LogP contribution in [0.25, 0.3) is 0 Å². The maximum atomic E-state index is 12.3. The Morgan fingerprint density at radius 1 is 1.25 bits per heavy atom. The molecule has 1 aliphatic heterocycles. The summed E-state index contributed by atoms with van der Waals surface area (Å²) in [5.74, 6) is 0.881. The second-order valence-electron chi connectivity index (χ2n) is 6.15. The van der Waals surface area contributed by atoms with E-state index < -0.39 is 0 Å². The average Bonchev–Trinajstić information content (AvgIpc) is 3.24. The number of quaternary nitrogens is 1. The van der Waals surface area contributed by atoms with Crippen LogP contribution in [0.1, 0.15) is 30.2 Å². The summed E-state index contributed by atoms with van der Waals surface area (Å²) in [6.07, 6.45) is 4.38. The molecule has 24 heavy (non-hydrogen) atoms. The molecule has 1 saturated heterocycles. The first kappa shape index (κ1) is 17.3. The third kappa shape index (κ3) is 4.32. The van der Waals surface area contributed by atoms with Crippen LogP contribution in [0.4, 0.5) is 0 Å². The molecule has 0 bridgehead atoms. The zero-order valence-electron chi connectivity index (χ0n) is 13.4. The molecule has 6 heteroatoms. The molecule has 2 N–H and O–H groups in total. The van der Waals surface area contributed by atoms with Crippen LogP contribution >= 0.6 is 23.2 Å². The van der Waals surface area contributed by atoms with Gasteiger partial charge < -0.3 is 14.6 Å². The van der Waals surface area contributed by atoms with Crippen molar-refractivity contribution in [1.82, 2.24) is 5.32 Å². The lowest BCUT2D eigenvalue weighted by Crippen LogP contribution is -3.11. The molecule has 1 aromatic carbocycles. The lowest BCUT2D eigenvalue weighted by molar-refractivity contribution is -0.919. The fraction of sp³-hybridized carbons (Fsp3) is 0.389. The minimum Gasteiger partial charge on any atom is -0.463 e. The molecule has 3 rings (SSSR count). The molecular weight excluding hydrogens is 347 g/mol. The number of carbonyl (C=O) groups is 1. The number of hydrogen-bond donors (Lipinski definition) is 2. The number of likely N-dealkylation sites (tertiary alicyclic amines) is 1. The molecule has 1 atom stereocenters.